The van der Waals surface area contributed by atoms with Crippen molar-refractivity contribution in [3.8, 4) is 17.6 Å². The van der Waals surface area contributed by atoms with Crippen LogP contribution in [0.25, 0.3) is 0 Å². The van der Waals surface area contributed by atoms with Gasteiger partial charge in [-0.15, -0.1) is 0 Å². The van der Waals surface area contributed by atoms with Gasteiger partial charge >= 0.3 is 0 Å². The lowest BCUT2D eigenvalue weighted by Crippen LogP contribution is -2.24. The molecule has 22 heavy (non-hydrogen) atoms. The van der Waals surface area contributed by atoms with Crippen molar-refractivity contribution < 1.29 is 9.53 Å². The minimum absolute atomic E-state index is 0.105. The molecule has 0 atom stereocenters. The highest BCUT2D eigenvalue weighted by Crippen LogP contribution is 2.27. The molecule has 1 N–H and O–H groups in total. The Morgan fingerprint density at radius 2 is 2.18 bits per heavy atom. The molecule has 2 rings (SSSR count). The summed E-state index contributed by atoms with van der Waals surface area (Å²) in [6.45, 7) is 0.698. The Labute approximate surface area is 132 Å². The van der Waals surface area contributed by atoms with Crippen molar-refractivity contribution in [2.45, 2.75) is 44.9 Å². The zero-order valence-electron chi connectivity index (χ0n) is 13.0. The highest BCUT2D eigenvalue weighted by Gasteiger charge is 2.14. The number of nitrogens with zero attached hydrogens (tertiary/aromatic N) is 1. The van der Waals surface area contributed by atoms with Gasteiger partial charge in [-0.3, -0.25) is 9.78 Å². The topological polar surface area (TPSA) is 51.2 Å². The SMILES string of the molecule is O=C(CCC1CCCCC1)NCC#CCOc1cccnc1. The first-order valence-electron chi connectivity index (χ1n) is 8.10. The van der Waals surface area contributed by atoms with Gasteiger partial charge in [0.2, 0.25) is 5.91 Å². The van der Waals surface area contributed by atoms with Crippen LogP contribution in [0.5, 0.6) is 5.75 Å². The summed E-state index contributed by atoms with van der Waals surface area (Å²) in [5.41, 5.74) is 0. The van der Waals surface area contributed by atoms with E-state index in [2.05, 4.69) is 22.1 Å². The molecular weight excluding hydrogens is 276 g/mol. The van der Waals surface area contributed by atoms with E-state index in [4.69, 9.17) is 4.74 Å². The van der Waals surface area contributed by atoms with Gasteiger partial charge in [0.25, 0.3) is 0 Å². The van der Waals surface area contributed by atoms with Crippen LogP contribution in [0, 0.1) is 17.8 Å². The number of nitrogens with one attached hydrogen (secondary N) is 1. The molecule has 1 heterocycles. The lowest BCUT2D eigenvalue weighted by Gasteiger charge is -2.20. The van der Waals surface area contributed by atoms with Crippen LogP contribution >= 0.6 is 0 Å². The van der Waals surface area contributed by atoms with Gasteiger partial charge in [0.1, 0.15) is 12.4 Å². The number of hydrogen-bond donors (Lipinski definition) is 1. The first-order chi connectivity index (χ1) is 10.8. The Hall–Kier alpha value is -2.02. The van der Waals surface area contributed by atoms with Crippen LogP contribution in [0.2, 0.25) is 0 Å². The third-order valence-corrected chi connectivity index (χ3v) is 3.95. The molecule has 4 heteroatoms. The minimum Gasteiger partial charge on any atom is -0.479 e. The lowest BCUT2D eigenvalue weighted by atomic mass is 9.86. The maximum absolute atomic E-state index is 11.7. The molecule has 1 amide bonds. The van der Waals surface area contributed by atoms with E-state index in [9.17, 15) is 4.79 Å². The summed E-state index contributed by atoms with van der Waals surface area (Å²) < 4.78 is 5.39. The Kier molecular flexibility index (Phi) is 7.31. The third-order valence-electron chi connectivity index (χ3n) is 3.95. The fourth-order valence-electron chi connectivity index (χ4n) is 2.71. The molecule has 0 unspecified atom stereocenters. The number of hydrogen-bond acceptors (Lipinski definition) is 3. The van der Waals surface area contributed by atoms with E-state index in [1.165, 1.54) is 32.1 Å². The zero-order chi connectivity index (χ0) is 15.5. The van der Waals surface area contributed by atoms with Gasteiger partial charge in [-0.2, -0.15) is 0 Å². The van der Waals surface area contributed by atoms with Crippen molar-refractivity contribution in [3.63, 3.8) is 0 Å². The quantitative estimate of drug-likeness (QED) is 0.822. The molecule has 1 aromatic rings. The maximum Gasteiger partial charge on any atom is 0.220 e. The Balaban J connectivity index is 1.52. The summed E-state index contributed by atoms with van der Waals surface area (Å²) in [5.74, 6) is 7.33. The van der Waals surface area contributed by atoms with Gasteiger partial charge in [-0.1, -0.05) is 43.9 Å². The summed E-state index contributed by atoms with van der Waals surface area (Å²) in [6.07, 6.45) is 11.6. The number of ether oxygens (including phenoxy) is 1. The van der Waals surface area contributed by atoms with Gasteiger partial charge in [0.15, 0.2) is 0 Å². The normalized spacial score (nSPS) is 14.7. The van der Waals surface area contributed by atoms with Gasteiger partial charge in [0, 0.05) is 12.6 Å². The summed E-state index contributed by atoms with van der Waals surface area (Å²) in [4.78, 5) is 15.7. The molecule has 1 fully saturated rings. The van der Waals surface area contributed by atoms with Crippen LogP contribution in [-0.4, -0.2) is 24.0 Å². The molecule has 1 aliphatic carbocycles. The van der Waals surface area contributed by atoms with E-state index in [1.54, 1.807) is 12.4 Å². The number of aromatic nitrogens is 1. The second-order valence-electron chi connectivity index (χ2n) is 5.65. The number of carbonyl (C=O) groups is 1. The van der Waals surface area contributed by atoms with E-state index in [0.717, 1.165) is 12.3 Å². The monoisotopic (exact) mass is 300 g/mol. The highest BCUT2D eigenvalue weighted by molar-refractivity contribution is 5.76. The second kappa shape index (κ2) is 9.83. The zero-order valence-corrected chi connectivity index (χ0v) is 13.0. The predicted molar refractivity (Wildman–Crippen MR) is 86.3 cm³/mol. The number of rotatable bonds is 6. The lowest BCUT2D eigenvalue weighted by molar-refractivity contribution is -0.121. The van der Waals surface area contributed by atoms with Crippen molar-refractivity contribution in [1.82, 2.24) is 10.3 Å². The maximum atomic E-state index is 11.7. The number of amides is 1. The van der Waals surface area contributed by atoms with Gasteiger partial charge in [0.05, 0.1) is 12.7 Å². The van der Waals surface area contributed by atoms with Gasteiger partial charge < -0.3 is 10.1 Å². The van der Waals surface area contributed by atoms with Crippen molar-refractivity contribution in [3.05, 3.63) is 24.5 Å². The first kappa shape index (κ1) is 16.4. The standard InChI is InChI=1S/C18H24N2O2/c21-18(11-10-16-7-2-1-3-8-16)20-13-4-5-14-22-17-9-6-12-19-15-17/h6,9,12,15-16H,1-3,7-8,10-11,13-14H2,(H,20,21). The van der Waals surface area contributed by atoms with Gasteiger partial charge in [-0.25, -0.2) is 0 Å². The second-order valence-corrected chi connectivity index (χ2v) is 5.65. The average Bonchev–Trinajstić information content (AvgIpc) is 2.58. The molecule has 0 spiro atoms. The molecule has 1 saturated carbocycles. The average molecular weight is 300 g/mol. The van der Waals surface area contributed by atoms with Crippen LogP contribution in [0.3, 0.4) is 0 Å². The van der Waals surface area contributed by atoms with Gasteiger partial charge in [-0.05, 0) is 24.5 Å². The van der Waals surface area contributed by atoms with Crippen LogP contribution in [0.15, 0.2) is 24.5 Å². The van der Waals surface area contributed by atoms with E-state index in [0.29, 0.717) is 25.3 Å². The smallest absolute Gasteiger partial charge is 0.220 e. The summed E-state index contributed by atoms with van der Waals surface area (Å²) in [5, 5.41) is 2.84. The number of pyridine rings is 1. The molecule has 0 saturated heterocycles. The molecule has 0 bridgehead atoms. The van der Waals surface area contributed by atoms with Crippen LogP contribution in [-0.2, 0) is 4.79 Å². The molecular formula is C18H24N2O2. The van der Waals surface area contributed by atoms with Crippen LogP contribution < -0.4 is 10.1 Å². The summed E-state index contributed by atoms with van der Waals surface area (Å²) in [7, 11) is 0. The van der Waals surface area contributed by atoms with Crippen molar-refractivity contribution >= 4 is 5.91 Å². The van der Waals surface area contributed by atoms with Crippen molar-refractivity contribution in [2.24, 2.45) is 5.92 Å². The van der Waals surface area contributed by atoms with E-state index in [-0.39, 0.29) is 5.91 Å². The third kappa shape index (κ3) is 6.62. The molecule has 4 nitrogen and oxygen atoms in total. The van der Waals surface area contributed by atoms with Crippen LogP contribution in [0.4, 0.5) is 0 Å². The molecule has 0 aromatic carbocycles. The molecule has 0 aliphatic heterocycles. The Morgan fingerprint density at radius 1 is 1.32 bits per heavy atom. The first-order valence-corrected chi connectivity index (χ1v) is 8.10. The summed E-state index contributed by atoms with van der Waals surface area (Å²) >= 11 is 0. The molecule has 0 radical (unpaired) electrons. The van der Waals surface area contributed by atoms with E-state index >= 15 is 0 Å². The minimum atomic E-state index is 0.105. The van der Waals surface area contributed by atoms with Crippen LogP contribution in [0.1, 0.15) is 44.9 Å². The highest BCUT2D eigenvalue weighted by atomic mass is 16.5. The molecule has 1 aromatic heterocycles. The van der Waals surface area contributed by atoms with Crippen molar-refractivity contribution in [2.75, 3.05) is 13.2 Å². The largest absolute Gasteiger partial charge is 0.479 e. The predicted octanol–water partition coefficient (Wildman–Crippen LogP) is 2.94. The fourth-order valence-corrected chi connectivity index (χ4v) is 2.71. The fraction of sp³-hybridized carbons (Fsp3) is 0.556. The Morgan fingerprint density at radius 3 is 2.95 bits per heavy atom. The molecule has 118 valence electrons. The van der Waals surface area contributed by atoms with Crippen molar-refractivity contribution in [1.29, 1.82) is 0 Å². The molecule has 1 aliphatic rings. The number of carbonyl (C=O) groups excluding carboxylic acids is 1. The van der Waals surface area contributed by atoms with E-state index in [1.807, 2.05) is 12.1 Å². The Bertz CT molecular complexity index is 499. The summed E-state index contributed by atoms with van der Waals surface area (Å²) in [6, 6.07) is 3.65. The van der Waals surface area contributed by atoms with E-state index < -0.39 is 0 Å².